The molecule has 1 aromatic carbocycles. The molecule has 1 rings (SSSR count). The Kier molecular flexibility index (Phi) is 5.65. The fourth-order valence-electron chi connectivity index (χ4n) is 1.59. The Morgan fingerprint density at radius 2 is 1.94 bits per heavy atom. The van der Waals surface area contributed by atoms with Gasteiger partial charge in [0.1, 0.15) is 0 Å². The van der Waals surface area contributed by atoms with E-state index in [1.54, 1.807) is 0 Å². The SMILES string of the molecule is CCC(N)CCNC(=O)c1ccc(N(C)C)cc1. The molecule has 0 spiro atoms. The van der Waals surface area contributed by atoms with Crippen LogP contribution in [0.5, 0.6) is 0 Å². The van der Waals surface area contributed by atoms with Crippen LogP contribution in [-0.2, 0) is 0 Å². The van der Waals surface area contributed by atoms with Gasteiger partial charge in [-0.2, -0.15) is 0 Å². The van der Waals surface area contributed by atoms with Crippen molar-refractivity contribution in [1.82, 2.24) is 5.32 Å². The van der Waals surface area contributed by atoms with Crippen molar-refractivity contribution in [3.05, 3.63) is 29.8 Å². The minimum atomic E-state index is -0.0383. The van der Waals surface area contributed by atoms with E-state index in [4.69, 9.17) is 5.73 Å². The second-order valence-corrected chi connectivity index (χ2v) is 4.65. The van der Waals surface area contributed by atoms with Gasteiger partial charge < -0.3 is 16.0 Å². The molecular weight excluding hydrogens is 226 g/mol. The Morgan fingerprint density at radius 1 is 1.33 bits per heavy atom. The zero-order valence-corrected chi connectivity index (χ0v) is 11.4. The number of carbonyl (C=O) groups is 1. The summed E-state index contributed by atoms with van der Waals surface area (Å²) in [5.74, 6) is -0.0383. The number of benzene rings is 1. The lowest BCUT2D eigenvalue weighted by Crippen LogP contribution is -2.30. The second kappa shape index (κ2) is 7.01. The Bertz CT molecular complexity index is 373. The van der Waals surface area contributed by atoms with E-state index in [-0.39, 0.29) is 11.9 Å². The van der Waals surface area contributed by atoms with Crippen LogP contribution in [0.25, 0.3) is 0 Å². The molecule has 0 aliphatic carbocycles. The third kappa shape index (κ3) is 4.37. The highest BCUT2D eigenvalue weighted by Crippen LogP contribution is 2.12. The molecule has 1 atom stereocenters. The van der Waals surface area contributed by atoms with Crippen LogP contribution in [0.4, 0.5) is 5.69 Å². The minimum Gasteiger partial charge on any atom is -0.378 e. The van der Waals surface area contributed by atoms with Crippen molar-refractivity contribution in [2.75, 3.05) is 25.5 Å². The summed E-state index contributed by atoms with van der Waals surface area (Å²) in [5, 5.41) is 2.88. The number of hydrogen-bond donors (Lipinski definition) is 2. The lowest BCUT2D eigenvalue weighted by atomic mass is 10.1. The summed E-state index contributed by atoms with van der Waals surface area (Å²) in [6.45, 7) is 2.68. The number of hydrogen-bond acceptors (Lipinski definition) is 3. The number of nitrogens with two attached hydrogens (primary N) is 1. The highest BCUT2D eigenvalue weighted by molar-refractivity contribution is 5.94. The fraction of sp³-hybridized carbons (Fsp3) is 0.500. The summed E-state index contributed by atoms with van der Waals surface area (Å²) < 4.78 is 0. The molecular formula is C14H23N3O. The molecule has 1 aromatic rings. The van der Waals surface area contributed by atoms with Crippen molar-refractivity contribution in [2.24, 2.45) is 5.73 Å². The predicted molar refractivity (Wildman–Crippen MR) is 76.0 cm³/mol. The molecule has 0 heterocycles. The molecule has 1 unspecified atom stereocenters. The number of rotatable bonds is 6. The standard InChI is InChI=1S/C14H23N3O/c1-4-12(15)9-10-16-14(18)11-5-7-13(8-6-11)17(2)3/h5-8,12H,4,9-10,15H2,1-3H3,(H,16,18). The highest BCUT2D eigenvalue weighted by Gasteiger charge is 2.06. The number of carbonyl (C=O) groups excluding carboxylic acids is 1. The smallest absolute Gasteiger partial charge is 0.251 e. The number of nitrogens with one attached hydrogen (secondary N) is 1. The summed E-state index contributed by atoms with van der Waals surface area (Å²) in [7, 11) is 3.95. The third-order valence-corrected chi connectivity index (χ3v) is 2.97. The summed E-state index contributed by atoms with van der Waals surface area (Å²) in [5.41, 5.74) is 7.56. The first-order chi connectivity index (χ1) is 8.54. The maximum Gasteiger partial charge on any atom is 0.251 e. The molecule has 4 nitrogen and oxygen atoms in total. The van der Waals surface area contributed by atoms with Gasteiger partial charge in [0.15, 0.2) is 0 Å². The maximum absolute atomic E-state index is 11.8. The van der Waals surface area contributed by atoms with Crippen LogP contribution in [-0.4, -0.2) is 32.6 Å². The number of anilines is 1. The molecule has 4 heteroatoms. The third-order valence-electron chi connectivity index (χ3n) is 2.97. The van der Waals surface area contributed by atoms with Gasteiger partial charge in [-0.15, -0.1) is 0 Å². The average molecular weight is 249 g/mol. The van der Waals surface area contributed by atoms with Gasteiger partial charge >= 0.3 is 0 Å². The van der Waals surface area contributed by atoms with E-state index in [1.165, 1.54) is 0 Å². The highest BCUT2D eigenvalue weighted by atomic mass is 16.1. The van der Waals surface area contributed by atoms with Crippen molar-refractivity contribution in [3.8, 4) is 0 Å². The van der Waals surface area contributed by atoms with Gasteiger partial charge in [-0.25, -0.2) is 0 Å². The average Bonchev–Trinajstić information content (AvgIpc) is 2.38. The molecule has 0 fully saturated rings. The molecule has 1 amide bonds. The zero-order valence-electron chi connectivity index (χ0n) is 11.4. The van der Waals surface area contributed by atoms with Crippen LogP contribution in [0.2, 0.25) is 0 Å². The largest absolute Gasteiger partial charge is 0.378 e. The molecule has 0 radical (unpaired) electrons. The summed E-state index contributed by atoms with van der Waals surface area (Å²) in [4.78, 5) is 13.8. The van der Waals surface area contributed by atoms with Crippen LogP contribution >= 0.6 is 0 Å². The van der Waals surface area contributed by atoms with Crippen molar-refractivity contribution in [3.63, 3.8) is 0 Å². The summed E-state index contributed by atoms with van der Waals surface area (Å²) in [6, 6.07) is 7.72. The monoisotopic (exact) mass is 249 g/mol. The Labute approximate surface area is 109 Å². The summed E-state index contributed by atoms with van der Waals surface area (Å²) >= 11 is 0. The van der Waals surface area contributed by atoms with Crippen LogP contribution in [0.15, 0.2) is 24.3 Å². The van der Waals surface area contributed by atoms with Crippen LogP contribution < -0.4 is 16.0 Å². The van der Waals surface area contributed by atoms with Crippen molar-refractivity contribution >= 4 is 11.6 Å². The van der Waals surface area contributed by atoms with E-state index in [9.17, 15) is 4.79 Å². The van der Waals surface area contributed by atoms with Gasteiger partial charge in [0.05, 0.1) is 0 Å². The van der Waals surface area contributed by atoms with Crippen molar-refractivity contribution < 1.29 is 4.79 Å². The number of nitrogens with zero attached hydrogens (tertiary/aromatic N) is 1. The molecule has 0 aliphatic heterocycles. The van der Waals surface area contributed by atoms with E-state index in [0.717, 1.165) is 18.5 Å². The molecule has 0 aliphatic rings. The van der Waals surface area contributed by atoms with Gasteiger partial charge in [-0.05, 0) is 37.1 Å². The van der Waals surface area contributed by atoms with Gasteiger partial charge in [0, 0.05) is 37.9 Å². The first-order valence-corrected chi connectivity index (χ1v) is 6.35. The van der Waals surface area contributed by atoms with E-state index >= 15 is 0 Å². The van der Waals surface area contributed by atoms with Gasteiger partial charge in [-0.3, -0.25) is 4.79 Å². The maximum atomic E-state index is 11.8. The molecule has 0 saturated carbocycles. The topological polar surface area (TPSA) is 58.4 Å². The number of amides is 1. The van der Waals surface area contributed by atoms with Crippen molar-refractivity contribution in [1.29, 1.82) is 0 Å². The second-order valence-electron chi connectivity index (χ2n) is 4.65. The Hall–Kier alpha value is -1.55. The zero-order chi connectivity index (χ0) is 13.5. The lowest BCUT2D eigenvalue weighted by Gasteiger charge is -2.13. The predicted octanol–water partition coefficient (Wildman–Crippen LogP) is 1.61. The Balaban J connectivity index is 2.46. The minimum absolute atomic E-state index is 0.0383. The first kappa shape index (κ1) is 14.5. The van der Waals surface area contributed by atoms with E-state index in [2.05, 4.69) is 5.32 Å². The Morgan fingerprint density at radius 3 is 2.44 bits per heavy atom. The van der Waals surface area contributed by atoms with E-state index < -0.39 is 0 Å². The lowest BCUT2D eigenvalue weighted by molar-refractivity contribution is 0.0952. The molecule has 0 aromatic heterocycles. The van der Waals surface area contributed by atoms with Crippen LogP contribution in [0.1, 0.15) is 30.1 Å². The van der Waals surface area contributed by atoms with Crippen LogP contribution in [0.3, 0.4) is 0 Å². The van der Waals surface area contributed by atoms with E-state index in [1.807, 2.05) is 50.2 Å². The fourth-order valence-corrected chi connectivity index (χ4v) is 1.59. The molecule has 0 bridgehead atoms. The normalized spacial score (nSPS) is 12.0. The van der Waals surface area contributed by atoms with Gasteiger partial charge in [0.2, 0.25) is 0 Å². The van der Waals surface area contributed by atoms with E-state index in [0.29, 0.717) is 12.1 Å². The van der Waals surface area contributed by atoms with Gasteiger partial charge in [-0.1, -0.05) is 6.92 Å². The quantitative estimate of drug-likeness (QED) is 0.805. The van der Waals surface area contributed by atoms with Crippen molar-refractivity contribution in [2.45, 2.75) is 25.8 Å². The molecule has 0 saturated heterocycles. The molecule has 3 N–H and O–H groups in total. The van der Waals surface area contributed by atoms with Crippen LogP contribution in [0, 0.1) is 0 Å². The summed E-state index contributed by atoms with van der Waals surface area (Å²) in [6.07, 6.45) is 1.76. The van der Waals surface area contributed by atoms with Gasteiger partial charge in [0.25, 0.3) is 5.91 Å². The molecule has 18 heavy (non-hydrogen) atoms. The molecule has 100 valence electrons. The first-order valence-electron chi connectivity index (χ1n) is 6.35.